The van der Waals surface area contributed by atoms with Crippen molar-refractivity contribution in [1.82, 2.24) is 5.32 Å². The summed E-state index contributed by atoms with van der Waals surface area (Å²) in [5.74, 6) is 0.415. The van der Waals surface area contributed by atoms with E-state index >= 15 is 0 Å². The smallest absolute Gasteiger partial charge is 0.340 e. The van der Waals surface area contributed by atoms with Crippen LogP contribution in [0.1, 0.15) is 34.4 Å². The maximum absolute atomic E-state index is 12.6. The molecule has 1 aliphatic heterocycles. The largest absolute Gasteiger partial charge is 0.460 e. The second-order valence-corrected chi connectivity index (χ2v) is 10.1. The third-order valence-electron chi connectivity index (χ3n) is 5.81. The van der Waals surface area contributed by atoms with Gasteiger partial charge in [-0.2, -0.15) is 0 Å². The summed E-state index contributed by atoms with van der Waals surface area (Å²) in [6.07, 6.45) is 0.221. The van der Waals surface area contributed by atoms with Crippen LogP contribution in [0.5, 0.6) is 0 Å². The van der Waals surface area contributed by atoms with Gasteiger partial charge in [0.05, 0.1) is 28.9 Å². The molecule has 1 aromatic carbocycles. The topological polar surface area (TPSA) is 107 Å². The second-order valence-electron chi connectivity index (χ2n) is 7.89. The standard InChI is InChI=1S/C21H23NO6S/c1-10-7-16-19(20-18(10)11(2)13(4)27-20)12(3)15(21(24)28-16)8-17(23)22-14-5-6-29(25,26)9-14/h7,14H,5-6,8-9H2,1-4H3,(H,22,23)/t14-/m1/s1. The van der Waals surface area contributed by atoms with Crippen LogP contribution in [0, 0.1) is 27.7 Å². The van der Waals surface area contributed by atoms with Crippen LogP contribution in [0.3, 0.4) is 0 Å². The first-order valence-electron chi connectivity index (χ1n) is 9.53. The molecule has 29 heavy (non-hydrogen) atoms. The van der Waals surface area contributed by atoms with Crippen LogP contribution in [0.15, 0.2) is 19.7 Å². The summed E-state index contributed by atoms with van der Waals surface area (Å²) in [7, 11) is -3.10. The molecule has 2 aromatic heterocycles. The Bertz CT molecular complexity index is 1330. The zero-order chi connectivity index (χ0) is 21.1. The van der Waals surface area contributed by atoms with Gasteiger partial charge >= 0.3 is 5.63 Å². The molecule has 0 radical (unpaired) electrons. The molecular formula is C21H23NO6S. The summed E-state index contributed by atoms with van der Waals surface area (Å²) >= 11 is 0. The van der Waals surface area contributed by atoms with Crippen LogP contribution in [0.25, 0.3) is 21.9 Å². The van der Waals surface area contributed by atoms with Crippen molar-refractivity contribution in [1.29, 1.82) is 0 Å². The fraction of sp³-hybridized carbons (Fsp3) is 0.429. The van der Waals surface area contributed by atoms with Crippen molar-refractivity contribution in [2.75, 3.05) is 11.5 Å². The number of hydrogen-bond acceptors (Lipinski definition) is 6. The predicted octanol–water partition coefficient (Wildman–Crippen LogP) is 2.62. The summed E-state index contributed by atoms with van der Waals surface area (Å²) in [4.78, 5) is 25.1. The average molecular weight is 417 g/mol. The van der Waals surface area contributed by atoms with E-state index in [4.69, 9.17) is 8.83 Å². The zero-order valence-electron chi connectivity index (χ0n) is 16.8. The number of furan rings is 1. The molecule has 1 saturated heterocycles. The summed E-state index contributed by atoms with van der Waals surface area (Å²) in [6, 6.07) is 1.41. The molecule has 8 heteroatoms. The summed E-state index contributed by atoms with van der Waals surface area (Å²) in [5.41, 5.74) is 3.40. The molecule has 7 nitrogen and oxygen atoms in total. The van der Waals surface area contributed by atoms with Crippen molar-refractivity contribution in [3.05, 3.63) is 44.5 Å². The van der Waals surface area contributed by atoms with E-state index in [1.165, 1.54) is 0 Å². The van der Waals surface area contributed by atoms with E-state index in [0.29, 0.717) is 28.5 Å². The third-order valence-corrected chi connectivity index (χ3v) is 7.58. The molecule has 1 atom stereocenters. The van der Waals surface area contributed by atoms with Crippen molar-refractivity contribution in [3.63, 3.8) is 0 Å². The quantitative estimate of drug-likeness (QED) is 0.657. The predicted molar refractivity (Wildman–Crippen MR) is 110 cm³/mol. The SMILES string of the molecule is Cc1oc2c(c(C)cc3oc(=O)c(CC(=O)N[C@@H]4CCS(=O)(=O)C4)c(C)c32)c1C. The van der Waals surface area contributed by atoms with Gasteiger partial charge < -0.3 is 14.2 Å². The number of carbonyl (C=O) groups is 1. The number of amides is 1. The number of benzene rings is 1. The highest BCUT2D eigenvalue weighted by Crippen LogP contribution is 2.36. The van der Waals surface area contributed by atoms with Gasteiger partial charge in [0.25, 0.3) is 0 Å². The van der Waals surface area contributed by atoms with Gasteiger partial charge in [-0.1, -0.05) is 0 Å². The number of hydrogen-bond donors (Lipinski definition) is 1. The fourth-order valence-corrected chi connectivity index (χ4v) is 5.86. The highest BCUT2D eigenvalue weighted by molar-refractivity contribution is 7.91. The molecule has 3 heterocycles. The lowest BCUT2D eigenvalue weighted by Crippen LogP contribution is -2.37. The van der Waals surface area contributed by atoms with Crippen LogP contribution >= 0.6 is 0 Å². The van der Waals surface area contributed by atoms with Crippen LogP contribution < -0.4 is 10.9 Å². The van der Waals surface area contributed by atoms with Crippen LogP contribution in [-0.2, 0) is 21.1 Å². The molecule has 0 spiro atoms. The van der Waals surface area contributed by atoms with E-state index in [9.17, 15) is 18.0 Å². The molecule has 1 fully saturated rings. The van der Waals surface area contributed by atoms with Gasteiger partial charge in [-0.05, 0) is 56.9 Å². The average Bonchev–Trinajstić information content (AvgIpc) is 3.10. The Hall–Kier alpha value is -2.61. The lowest BCUT2D eigenvalue weighted by Gasteiger charge is -2.12. The van der Waals surface area contributed by atoms with E-state index in [0.717, 1.165) is 22.3 Å². The molecule has 4 rings (SSSR count). The van der Waals surface area contributed by atoms with E-state index < -0.39 is 27.4 Å². The lowest BCUT2D eigenvalue weighted by molar-refractivity contribution is -0.121. The van der Waals surface area contributed by atoms with E-state index in [1.54, 1.807) is 6.92 Å². The molecule has 154 valence electrons. The molecular weight excluding hydrogens is 394 g/mol. The van der Waals surface area contributed by atoms with Crippen molar-refractivity contribution in [3.8, 4) is 0 Å². The third kappa shape index (κ3) is 3.35. The molecule has 0 bridgehead atoms. The normalized spacial score (nSPS) is 18.6. The van der Waals surface area contributed by atoms with Crippen LogP contribution in [-0.4, -0.2) is 31.9 Å². The Kier molecular flexibility index (Phi) is 4.57. The molecule has 0 aliphatic carbocycles. The number of rotatable bonds is 3. The van der Waals surface area contributed by atoms with Gasteiger partial charge in [0.15, 0.2) is 9.84 Å². The monoisotopic (exact) mass is 417 g/mol. The molecule has 1 amide bonds. The highest BCUT2D eigenvalue weighted by Gasteiger charge is 2.29. The van der Waals surface area contributed by atoms with Gasteiger partial charge in [-0.25, -0.2) is 13.2 Å². The maximum Gasteiger partial charge on any atom is 0.340 e. The lowest BCUT2D eigenvalue weighted by atomic mass is 9.98. The van der Waals surface area contributed by atoms with Crippen molar-refractivity contribution in [2.45, 2.75) is 46.6 Å². The summed E-state index contributed by atoms with van der Waals surface area (Å²) in [5, 5.41) is 4.40. The Morgan fingerprint density at radius 1 is 1.14 bits per heavy atom. The van der Waals surface area contributed by atoms with Crippen molar-refractivity contribution >= 4 is 37.7 Å². The minimum absolute atomic E-state index is 0.0606. The Morgan fingerprint density at radius 2 is 1.86 bits per heavy atom. The van der Waals surface area contributed by atoms with Gasteiger partial charge in [-0.3, -0.25) is 4.79 Å². The number of sulfone groups is 1. The van der Waals surface area contributed by atoms with Crippen LogP contribution in [0.4, 0.5) is 0 Å². The fourth-order valence-electron chi connectivity index (χ4n) is 4.18. The van der Waals surface area contributed by atoms with E-state index in [-0.39, 0.29) is 23.5 Å². The molecule has 0 unspecified atom stereocenters. The second kappa shape index (κ2) is 6.73. The molecule has 0 saturated carbocycles. The maximum atomic E-state index is 12.6. The van der Waals surface area contributed by atoms with E-state index in [1.807, 2.05) is 26.8 Å². The van der Waals surface area contributed by atoms with Crippen molar-refractivity contribution < 1.29 is 22.0 Å². The Labute approximate surface area is 168 Å². The minimum atomic E-state index is -3.10. The number of fused-ring (bicyclic) bond motifs is 3. The first-order chi connectivity index (χ1) is 13.6. The van der Waals surface area contributed by atoms with Gasteiger partial charge in [0, 0.05) is 11.4 Å². The molecule has 1 N–H and O–H groups in total. The first-order valence-corrected chi connectivity index (χ1v) is 11.3. The minimum Gasteiger partial charge on any atom is -0.460 e. The highest BCUT2D eigenvalue weighted by atomic mass is 32.2. The summed E-state index contributed by atoms with van der Waals surface area (Å²) < 4.78 is 34.7. The van der Waals surface area contributed by atoms with Gasteiger partial charge in [0.2, 0.25) is 5.91 Å². The number of nitrogens with one attached hydrogen (secondary N) is 1. The first kappa shape index (κ1) is 19.7. The van der Waals surface area contributed by atoms with Gasteiger partial charge in [-0.15, -0.1) is 0 Å². The van der Waals surface area contributed by atoms with Crippen molar-refractivity contribution in [2.24, 2.45) is 0 Å². The van der Waals surface area contributed by atoms with E-state index in [2.05, 4.69) is 5.32 Å². The van der Waals surface area contributed by atoms with Gasteiger partial charge in [0.1, 0.15) is 16.9 Å². The Balaban J connectivity index is 1.76. The summed E-state index contributed by atoms with van der Waals surface area (Å²) in [6.45, 7) is 7.59. The molecule has 3 aromatic rings. The van der Waals surface area contributed by atoms with Crippen LogP contribution in [0.2, 0.25) is 0 Å². The molecule has 1 aliphatic rings. The number of carbonyl (C=O) groups excluding carboxylic acids is 1. The Morgan fingerprint density at radius 3 is 2.52 bits per heavy atom. The number of aryl methyl sites for hydroxylation is 4. The zero-order valence-corrected chi connectivity index (χ0v) is 17.7.